The van der Waals surface area contributed by atoms with Gasteiger partial charge >= 0.3 is 0 Å². The zero-order chi connectivity index (χ0) is 18.5. The van der Waals surface area contributed by atoms with Crippen LogP contribution in [-0.4, -0.2) is 66.9 Å². The molecule has 2 aromatic heterocycles. The number of aromatic nitrogens is 2. The Labute approximate surface area is 157 Å². The third kappa shape index (κ3) is 3.07. The molecule has 0 bridgehead atoms. The van der Waals surface area contributed by atoms with E-state index < -0.39 is 9.84 Å². The largest absolute Gasteiger partial charge is 0.352 e. The van der Waals surface area contributed by atoms with Crippen molar-refractivity contribution in [2.45, 2.75) is 20.3 Å². The summed E-state index contributed by atoms with van der Waals surface area (Å²) in [6.07, 6.45) is 2.06. The van der Waals surface area contributed by atoms with Crippen LogP contribution >= 0.6 is 11.3 Å². The number of carbonyl (C=O) groups excluding carboxylic acids is 1. The maximum absolute atomic E-state index is 12.6. The lowest BCUT2D eigenvalue weighted by Gasteiger charge is -2.36. The Morgan fingerprint density at radius 1 is 1.19 bits per heavy atom. The lowest BCUT2D eigenvalue weighted by molar-refractivity contribution is -0.135. The first-order chi connectivity index (χ1) is 12.4. The van der Waals surface area contributed by atoms with Gasteiger partial charge in [-0.1, -0.05) is 0 Å². The van der Waals surface area contributed by atoms with Crippen molar-refractivity contribution in [3.63, 3.8) is 0 Å². The van der Waals surface area contributed by atoms with E-state index in [-0.39, 0.29) is 23.3 Å². The van der Waals surface area contributed by atoms with Crippen molar-refractivity contribution in [3.05, 3.63) is 16.8 Å². The maximum Gasteiger partial charge on any atom is 0.226 e. The summed E-state index contributed by atoms with van der Waals surface area (Å²) in [4.78, 5) is 27.8. The van der Waals surface area contributed by atoms with Gasteiger partial charge in [-0.25, -0.2) is 18.4 Å². The molecule has 2 aliphatic rings. The lowest BCUT2D eigenvalue weighted by atomic mass is 10.1. The number of anilines is 1. The van der Waals surface area contributed by atoms with Crippen LogP contribution in [0.3, 0.4) is 0 Å². The Kier molecular flexibility index (Phi) is 4.38. The average Bonchev–Trinajstić information content (AvgIpc) is 3.13. The molecule has 0 aliphatic carbocycles. The Balaban J connectivity index is 1.48. The molecule has 26 heavy (non-hydrogen) atoms. The zero-order valence-electron chi connectivity index (χ0n) is 14.9. The molecule has 2 aromatic rings. The predicted octanol–water partition coefficient (Wildman–Crippen LogP) is 1.39. The molecule has 2 saturated heterocycles. The molecule has 2 fully saturated rings. The standard InChI is InChI=1S/C17H22N4O3S2/c1-11-12(2)25-16-14(11)15(18-10-19-16)20-4-6-21(7-5-20)17(22)13-3-8-26(23,24)9-13/h10,13H,3-9H2,1-2H3/t13-/m1/s1. The van der Waals surface area contributed by atoms with E-state index in [2.05, 4.69) is 28.7 Å². The second kappa shape index (κ2) is 6.45. The third-order valence-electron chi connectivity index (χ3n) is 5.42. The number of hydrogen-bond acceptors (Lipinski definition) is 7. The van der Waals surface area contributed by atoms with E-state index >= 15 is 0 Å². The molecule has 7 nitrogen and oxygen atoms in total. The van der Waals surface area contributed by atoms with Gasteiger partial charge in [0.25, 0.3) is 0 Å². The highest BCUT2D eigenvalue weighted by atomic mass is 32.2. The van der Waals surface area contributed by atoms with Gasteiger partial charge in [0, 0.05) is 31.1 Å². The van der Waals surface area contributed by atoms with Gasteiger partial charge < -0.3 is 9.80 Å². The van der Waals surface area contributed by atoms with E-state index in [0.29, 0.717) is 32.6 Å². The number of sulfone groups is 1. The number of carbonyl (C=O) groups is 1. The summed E-state index contributed by atoms with van der Waals surface area (Å²) in [5, 5.41) is 1.11. The van der Waals surface area contributed by atoms with Crippen LogP contribution in [0.4, 0.5) is 5.82 Å². The van der Waals surface area contributed by atoms with Gasteiger partial charge in [-0.05, 0) is 25.8 Å². The lowest BCUT2D eigenvalue weighted by Crippen LogP contribution is -2.50. The highest BCUT2D eigenvalue weighted by Gasteiger charge is 2.36. The molecule has 0 unspecified atom stereocenters. The molecule has 9 heteroatoms. The number of nitrogens with zero attached hydrogens (tertiary/aromatic N) is 4. The molecule has 4 heterocycles. The van der Waals surface area contributed by atoms with Gasteiger partial charge in [0.05, 0.1) is 22.8 Å². The summed E-state index contributed by atoms with van der Waals surface area (Å²) in [6, 6.07) is 0. The van der Waals surface area contributed by atoms with Gasteiger partial charge in [0.1, 0.15) is 17.0 Å². The van der Waals surface area contributed by atoms with Crippen molar-refractivity contribution < 1.29 is 13.2 Å². The fourth-order valence-corrected chi connectivity index (χ4v) is 6.51. The maximum atomic E-state index is 12.6. The number of amides is 1. The quantitative estimate of drug-likeness (QED) is 0.765. The van der Waals surface area contributed by atoms with Crippen LogP contribution in [0, 0.1) is 19.8 Å². The normalized spacial score (nSPS) is 22.9. The number of rotatable bonds is 2. The predicted molar refractivity (Wildman–Crippen MR) is 102 cm³/mol. The minimum atomic E-state index is -3.03. The zero-order valence-corrected chi connectivity index (χ0v) is 16.6. The molecule has 2 aliphatic heterocycles. The Hall–Kier alpha value is -1.74. The highest BCUT2D eigenvalue weighted by molar-refractivity contribution is 7.91. The molecule has 0 aromatic carbocycles. The van der Waals surface area contributed by atoms with Gasteiger partial charge in [0.2, 0.25) is 5.91 Å². The SMILES string of the molecule is Cc1sc2ncnc(N3CCN(C(=O)[C@@H]4CCS(=O)(=O)C4)CC3)c2c1C. The van der Waals surface area contributed by atoms with Gasteiger partial charge in [-0.15, -0.1) is 11.3 Å². The van der Waals surface area contributed by atoms with Crippen molar-refractivity contribution in [2.75, 3.05) is 42.6 Å². The van der Waals surface area contributed by atoms with E-state index in [4.69, 9.17) is 0 Å². The second-order valence-electron chi connectivity index (χ2n) is 7.07. The van der Waals surface area contributed by atoms with Gasteiger partial charge in [-0.3, -0.25) is 4.79 Å². The number of aryl methyl sites for hydroxylation is 2. The first kappa shape index (κ1) is 17.7. The third-order valence-corrected chi connectivity index (χ3v) is 8.30. The fraction of sp³-hybridized carbons (Fsp3) is 0.588. The van der Waals surface area contributed by atoms with Crippen molar-refractivity contribution in [3.8, 4) is 0 Å². The average molecular weight is 395 g/mol. The molecule has 0 N–H and O–H groups in total. The first-order valence-corrected chi connectivity index (χ1v) is 11.4. The van der Waals surface area contributed by atoms with Crippen LogP contribution in [0.15, 0.2) is 6.33 Å². The molecule has 0 radical (unpaired) electrons. The monoisotopic (exact) mass is 394 g/mol. The Morgan fingerprint density at radius 2 is 1.92 bits per heavy atom. The molecule has 1 atom stereocenters. The smallest absolute Gasteiger partial charge is 0.226 e. The summed E-state index contributed by atoms with van der Waals surface area (Å²) in [5.41, 5.74) is 1.22. The number of fused-ring (bicyclic) bond motifs is 1. The first-order valence-electron chi connectivity index (χ1n) is 8.80. The van der Waals surface area contributed by atoms with E-state index in [1.165, 1.54) is 10.4 Å². The van der Waals surface area contributed by atoms with Gasteiger partial charge in [-0.2, -0.15) is 0 Å². The van der Waals surface area contributed by atoms with Crippen LogP contribution < -0.4 is 4.90 Å². The van der Waals surface area contributed by atoms with Crippen molar-refractivity contribution in [1.82, 2.24) is 14.9 Å². The number of piperazine rings is 1. The molecule has 0 saturated carbocycles. The van der Waals surface area contributed by atoms with Gasteiger partial charge in [0.15, 0.2) is 9.84 Å². The van der Waals surface area contributed by atoms with Crippen molar-refractivity contribution in [1.29, 1.82) is 0 Å². The Bertz CT molecular complexity index is 962. The minimum absolute atomic E-state index is 0.00591. The highest BCUT2D eigenvalue weighted by Crippen LogP contribution is 2.34. The van der Waals surface area contributed by atoms with Crippen LogP contribution in [0.25, 0.3) is 10.2 Å². The van der Waals surface area contributed by atoms with Crippen molar-refractivity contribution in [2.24, 2.45) is 5.92 Å². The molecular formula is C17H22N4O3S2. The molecular weight excluding hydrogens is 372 g/mol. The van der Waals surface area contributed by atoms with Crippen LogP contribution in [0.5, 0.6) is 0 Å². The summed E-state index contributed by atoms with van der Waals surface area (Å²) in [7, 11) is -3.03. The van der Waals surface area contributed by atoms with E-state index in [0.717, 1.165) is 16.0 Å². The minimum Gasteiger partial charge on any atom is -0.352 e. The number of thiophene rings is 1. The molecule has 4 rings (SSSR count). The van der Waals surface area contributed by atoms with E-state index in [9.17, 15) is 13.2 Å². The fourth-order valence-electron chi connectivity index (χ4n) is 3.79. The van der Waals surface area contributed by atoms with E-state index in [1.807, 2.05) is 4.90 Å². The molecule has 0 spiro atoms. The summed E-state index contributed by atoms with van der Waals surface area (Å²) in [6.45, 7) is 6.79. The van der Waals surface area contributed by atoms with Crippen LogP contribution in [-0.2, 0) is 14.6 Å². The second-order valence-corrected chi connectivity index (χ2v) is 10.5. The summed E-state index contributed by atoms with van der Waals surface area (Å²) in [5.74, 6) is 0.706. The van der Waals surface area contributed by atoms with Crippen LogP contribution in [0.1, 0.15) is 16.9 Å². The molecule has 1 amide bonds. The Morgan fingerprint density at radius 3 is 2.58 bits per heavy atom. The molecule has 140 valence electrons. The number of hydrogen-bond donors (Lipinski definition) is 0. The van der Waals surface area contributed by atoms with Crippen LogP contribution in [0.2, 0.25) is 0 Å². The summed E-state index contributed by atoms with van der Waals surface area (Å²) < 4.78 is 23.3. The summed E-state index contributed by atoms with van der Waals surface area (Å²) >= 11 is 1.68. The van der Waals surface area contributed by atoms with Crippen molar-refractivity contribution >= 4 is 43.1 Å². The van der Waals surface area contributed by atoms with E-state index in [1.54, 1.807) is 17.7 Å². The topological polar surface area (TPSA) is 83.5 Å².